The van der Waals surface area contributed by atoms with Crippen LogP contribution in [0, 0.1) is 11.6 Å². The van der Waals surface area contributed by atoms with Gasteiger partial charge in [0.2, 0.25) is 0 Å². The lowest BCUT2D eigenvalue weighted by Gasteiger charge is -2.12. The molecule has 0 aliphatic rings. The zero-order valence-corrected chi connectivity index (χ0v) is 11.9. The molecule has 0 saturated carbocycles. The normalized spacial score (nSPS) is 12.1. The molecule has 1 aromatic rings. The minimum absolute atomic E-state index is 0.0506. The van der Waals surface area contributed by atoms with Crippen LogP contribution in [0.25, 0.3) is 0 Å². The number of anilines is 1. The molecule has 0 spiro atoms. The molecule has 0 bridgehead atoms. The molecule has 20 heavy (non-hydrogen) atoms. The Labute approximate surface area is 117 Å². The second kappa shape index (κ2) is 7.79. The third-order valence-corrected chi connectivity index (χ3v) is 2.81. The molecular weight excluding hydrogens is 266 g/mol. The predicted molar refractivity (Wildman–Crippen MR) is 73.9 cm³/mol. The van der Waals surface area contributed by atoms with Gasteiger partial charge >= 0.3 is 0 Å². The number of carbonyl (C=O) groups is 1. The van der Waals surface area contributed by atoms with E-state index < -0.39 is 17.5 Å². The number of ether oxygens (including phenoxy) is 1. The summed E-state index contributed by atoms with van der Waals surface area (Å²) in [5.74, 6) is -2.08. The first-order valence-electron chi connectivity index (χ1n) is 6.53. The largest absolute Gasteiger partial charge is 0.380 e. The van der Waals surface area contributed by atoms with Crippen LogP contribution >= 0.6 is 0 Å². The van der Waals surface area contributed by atoms with Gasteiger partial charge in [-0.25, -0.2) is 8.78 Å². The van der Waals surface area contributed by atoms with Gasteiger partial charge in [-0.15, -0.1) is 0 Å². The van der Waals surface area contributed by atoms with Gasteiger partial charge in [0.15, 0.2) is 0 Å². The SMILES string of the molecule is CCCNc1c(F)cc(C(=O)NCC(C)OC)cc1F. The van der Waals surface area contributed by atoms with E-state index in [2.05, 4.69) is 10.6 Å². The summed E-state index contributed by atoms with van der Waals surface area (Å²) in [6.07, 6.45) is 0.579. The lowest BCUT2D eigenvalue weighted by atomic mass is 10.1. The molecule has 0 fully saturated rings. The summed E-state index contributed by atoms with van der Waals surface area (Å²) in [5, 5.41) is 5.20. The first-order valence-corrected chi connectivity index (χ1v) is 6.53. The van der Waals surface area contributed by atoms with Crippen LogP contribution in [0.3, 0.4) is 0 Å². The summed E-state index contributed by atoms with van der Waals surface area (Å²) in [5.41, 5.74) is -0.251. The van der Waals surface area contributed by atoms with Crippen molar-refractivity contribution in [2.24, 2.45) is 0 Å². The third-order valence-electron chi connectivity index (χ3n) is 2.81. The lowest BCUT2D eigenvalue weighted by molar-refractivity contribution is 0.0869. The van der Waals surface area contributed by atoms with E-state index in [1.807, 2.05) is 6.92 Å². The summed E-state index contributed by atoms with van der Waals surface area (Å²) in [6, 6.07) is 2.04. The fraction of sp³-hybridized carbons (Fsp3) is 0.500. The molecule has 0 radical (unpaired) electrons. The monoisotopic (exact) mass is 286 g/mol. The number of amides is 1. The molecule has 0 aromatic heterocycles. The standard InChI is InChI=1S/C14H20F2N2O2/c1-4-5-17-13-11(15)6-10(7-12(13)16)14(19)18-8-9(2)20-3/h6-7,9,17H,4-5,8H2,1-3H3,(H,18,19). The van der Waals surface area contributed by atoms with Crippen LogP contribution in [0.4, 0.5) is 14.5 Å². The van der Waals surface area contributed by atoms with Crippen molar-refractivity contribution >= 4 is 11.6 Å². The first-order chi connectivity index (χ1) is 9.49. The van der Waals surface area contributed by atoms with E-state index in [0.717, 1.165) is 18.6 Å². The van der Waals surface area contributed by atoms with Gasteiger partial charge in [0.1, 0.15) is 17.3 Å². The van der Waals surface area contributed by atoms with Crippen molar-refractivity contribution in [3.05, 3.63) is 29.3 Å². The highest BCUT2D eigenvalue weighted by Gasteiger charge is 2.15. The minimum atomic E-state index is -0.775. The fourth-order valence-corrected chi connectivity index (χ4v) is 1.54. The number of hydrogen-bond donors (Lipinski definition) is 2. The number of benzene rings is 1. The van der Waals surface area contributed by atoms with Gasteiger partial charge in [-0.1, -0.05) is 6.92 Å². The zero-order valence-electron chi connectivity index (χ0n) is 11.9. The summed E-state index contributed by atoms with van der Waals surface area (Å²) in [4.78, 5) is 11.8. The molecule has 1 aromatic carbocycles. The smallest absolute Gasteiger partial charge is 0.251 e. The van der Waals surface area contributed by atoms with E-state index in [4.69, 9.17) is 4.74 Å². The second-order valence-corrected chi connectivity index (χ2v) is 4.50. The average Bonchev–Trinajstić information content (AvgIpc) is 2.43. The van der Waals surface area contributed by atoms with Crippen LogP contribution in [0.15, 0.2) is 12.1 Å². The molecule has 6 heteroatoms. The maximum Gasteiger partial charge on any atom is 0.251 e. The maximum absolute atomic E-state index is 13.8. The number of nitrogens with one attached hydrogen (secondary N) is 2. The van der Waals surface area contributed by atoms with Gasteiger partial charge in [0, 0.05) is 25.8 Å². The summed E-state index contributed by atoms with van der Waals surface area (Å²) >= 11 is 0. The summed E-state index contributed by atoms with van der Waals surface area (Å²) in [7, 11) is 1.52. The molecular formula is C14H20F2N2O2. The molecule has 1 rings (SSSR count). The van der Waals surface area contributed by atoms with Gasteiger partial charge in [-0.3, -0.25) is 4.79 Å². The molecule has 0 heterocycles. The van der Waals surface area contributed by atoms with E-state index in [1.54, 1.807) is 6.92 Å². The average molecular weight is 286 g/mol. The lowest BCUT2D eigenvalue weighted by Crippen LogP contribution is -2.31. The zero-order chi connectivity index (χ0) is 15.1. The molecule has 0 aliphatic carbocycles. The Morgan fingerprint density at radius 3 is 2.45 bits per heavy atom. The molecule has 0 saturated heterocycles. The van der Waals surface area contributed by atoms with E-state index in [9.17, 15) is 13.6 Å². The van der Waals surface area contributed by atoms with Crippen molar-refractivity contribution in [2.75, 3.05) is 25.5 Å². The third kappa shape index (κ3) is 4.45. The molecule has 1 amide bonds. The van der Waals surface area contributed by atoms with Gasteiger partial charge < -0.3 is 15.4 Å². The highest BCUT2D eigenvalue weighted by atomic mass is 19.1. The Hall–Kier alpha value is -1.69. The van der Waals surface area contributed by atoms with Crippen molar-refractivity contribution in [1.82, 2.24) is 5.32 Å². The molecule has 0 aliphatic heterocycles. The van der Waals surface area contributed by atoms with Gasteiger partial charge in [-0.05, 0) is 25.5 Å². The number of carbonyl (C=O) groups excluding carboxylic acids is 1. The molecule has 1 atom stereocenters. The van der Waals surface area contributed by atoms with E-state index in [1.165, 1.54) is 7.11 Å². The van der Waals surface area contributed by atoms with Crippen LogP contribution in [-0.4, -0.2) is 32.2 Å². The number of hydrogen-bond acceptors (Lipinski definition) is 3. The molecule has 4 nitrogen and oxygen atoms in total. The van der Waals surface area contributed by atoms with Crippen molar-refractivity contribution in [1.29, 1.82) is 0 Å². The van der Waals surface area contributed by atoms with Crippen molar-refractivity contribution in [3.8, 4) is 0 Å². The maximum atomic E-state index is 13.8. The van der Waals surface area contributed by atoms with Crippen LogP contribution < -0.4 is 10.6 Å². The second-order valence-electron chi connectivity index (χ2n) is 4.50. The predicted octanol–water partition coefficient (Wildman–Crippen LogP) is 2.55. The Kier molecular flexibility index (Phi) is 6.38. The highest BCUT2D eigenvalue weighted by Crippen LogP contribution is 2.20. The molecule has 1 unspecified atom stereocenters. The van der Waals surface area contributed by atoms with Crippen molar-refractivity contribution in [3.63, 3.8) is 0 Å². The van der Waals surface area contributed by atoms with Gasteiger partial charge in [-0.2, -0.15) is 0 Å². The number of rotatable bonds is 7. The summed E-state index contributed by atoms with van der Waals surface area (Å²) in [6.45, 7) is 4.40. The van der Waals surface area contributed by atoms with Crippen LogP contribution in [0.1, 0.15) is 30.6 Å². The molecule has 2 N–H and O–H groups in total. The van der Waals surface area contributed by atoms with Crippen LogP contribution in [-0.2, 0) is 4.74 Å². The van der Waals surface area contributed by atoms with Crippen LogP contribution in [0.5, 0.6) is 0 Å². The Morgan fingerprint density at radius 1 is 1.35 bits per heavy atom. The van der Waals surface area contributed by atoms with Crippen LogP contribution in [0.2, 0.25) is 0 Å². The van der Waals surface area contributed by atoms with Gasteiger partial charge in [0.25, 0.3) is 5.91 Å². The Balaban J connectivity index is 2.79. The van der Waals surface area contributed by atoms with Crippen molar-refractivity contribution in [2.45, 2.75) is 26.4 Å². The van der Waals surface area contributed by atoms with Gasteiger partial charge in [0.05, 0.1) is 6.10 Å². The summed E-state index contributed by atoms with van der Waals surface area (Å²) < 4.78 is 32.5. The first kappa shape index (κ1) is 16.4. The van der Waals surface area contributed by atoms with E-state index in [-0.39, 0.29) is 23.9 Å². The quantitative estimate of drug-likeness (QED) is 0.810. The van der Waals surface area contributed by atoms with E-state index >= 15 is 0 Å². The van der Waals surface area contributed by atoms with E-state index in [0.29, 0.717) is 6.54 Å². The highest BCUT2D eigenvalue weighted by molar-refractivity contribution is 5.94. The number of halogens is 2. The van der Waals surface area contributed by atoms with Crippen molar-refractivity contribution < 1.29 is 18.3 Å². The fourth-order valence-electron chi connectivity index (χ4n) is 1.54. The topological polar surface area (TPSA) is 50.4 Å². The Bertz CT molecular complexity index is 443. The minimum Gasteiger partial charge on any atom is -0.380 e. The number of methoxy groups -OCH3 is 1. The Morgan fingerprint density at radius 2 is 1.95 bits per heavy atom. The molecule has 112 valence electrons.